The minimum Gasteiger partial charge on any atom is -0.665 e. The monoisotopic (exact) mass is 330 g/mol. The molecule has 0 aliphatic rings. The van der Waals surface area contributed by atoms with Gasteiger partial charge in [0.05, 0.1) is 0 Å². The van der Waals surface area contributed by atoms with Crippen LogP contribution < -0.4 is 0 Å². The van der Waals surface area contributed by atoms with Crippen molar-refractivity contribution < 1.29 is 46.4 Å². The first-order chi connectivity index (χ1) is 6.83. The molecule has 0 bridgehead atoms. The zero-order valence-corrected chi connectivity index (χ0v) is 12.4. The molecule has 1 aromatic heterocycles. The number of aromatic nitrogens is 1. The van der Waals surface area contributed by atoms with Gasteiger partial charge in [-0.15, -0.1) is 6.54 Å². The summed E-state index contributed by atoms with van der Waals surface area (Å²) in [5.41, 5.74) is 2.11. The van der Waals surface area contributed by atoms with Crippen molar-refractivity contribution in [3.05, 3.63) is 35.3 Å². The predicted molar refractivity (Wildman–Crippen MR) is 57.8 cm³/mol. The van der Waals surface area contributed by atoms with Gasteiger partial charge in [0.2, 0.25) is 0 Å². The van der Waals surface area contributed by atoms with Gasteiger partial charge >= 0.3 is 0 Å². The second-order valence-corrected chi connectivity index (χ2v) is 3.30. The Hall–Kier alpha value is -0.116. The van der Waals surface area contributed by atoms with Crippen LogP contribution in [0.15, 0.2) is 24.4 Å². The summed E-state index contributed by atoms with van der Waals surface area (Å²) >= 11 is 0. The molecule has 0 saturated carbocycles. The molecule has 1 heterocycles. The van der Waals surface area contributed by atoms with Gasteiger partial charge < -0.3 is 15.4 Å². The molecule has 0 amide bonds. The van der Waals surface area contributed by atoms with E-state index in [1.54, 1.807) is 13.1 Å². The standard InChI is InChI=1S/C11H13N2O.Pr/c1-12-6-5-8-7-13-9-3-2-4-10(14)11(8)9;/h2-4,7,13-14H,5-6H2,1H3;/q-1;. The fraction of sp³-hybridized carbons (Fsp3) is 0.273. The molecule has 3 nitrogen and oxygen atoms in total. The first kappa shape index (κ1) is 13.0. The number of hydrogen-bond donors (Lipinski definition) is 2. The maximum Gasteiger partial charge on any atom is 0.125 e. The Kier molecular flexibility index (Phi) is 5.03. The van der Waals surface area contributed by atoms with Gasteiger partial charge in [0.25, 0.3) is 0 Å². The van der Waals surface area contributed by atoms with Crippen molar-refractivity contribution in [3.63, 3.8) is 0 Å². The number of nitrogens with zero attached hydrogens (tertiary/aromatic N) is 1. The normalized spacial score (nSPS) is 10.2. The number of rotatable bonds is 3. The van der Waals surface area contributed by atoms with Crippen molar-refractivity contribution >= 4 is 10.9 Å². The van der Waals surface area contributed by atoms with Gasteiger partial charge in [-0.3, -0.25) is 0 Å². The van der Waals surface area contributed by atoms with E-state index in [1.807, 2.05) is 18.3 Å². The fourth-order valence-corrected chi connectivity index (χ4v) is 1.66. The number of hydrogen-bond acceptors (Lipinski definition) is 1. The molecular weight excluding hydrogens is 317 g/mol. The van der Waals surface area contributed by atoms with Gasteiger partial charge in [-0.2, -0.15) is 7.05 Å². The molecule has 0 saturated heterocycles. The molecule has 15 heavy (non-hydrogen) atoms. The first-order valence-corrected chi connectivity index (χ1v) is 4.66. The van der Waals surface area contributed by atoms with E-state index in [4.69, 9.17) is 0 Å². The third-order valence-corrected chi connectivity index (χ3v) is 2.37. The van der Waals surface area contributed by atoms with E-state index < -0.39 is 0 Å². The van der Waals surface area contributed by atoms with E-state index in [-0.39, 0.29) is 41.3 Å². The number of phenols is 1. The Labute approximate surface area is 122 Å². The van der Waals surface area contributed by atoms with Gasteiger partial charge in [0, 0.05) is 58.4 Å². The molecular formula is C11H13N2OPr-. The Balaban J connectivity index is 0.00000112. The van der Waals surface area contributed by atoms with Crippen LogP contribution in [-0.4, -0.2) is 23.7 Å². The first-order valence-electron chi connectivity index (χ1n) is 4.66. The summed E-state index contributed by atoms with van der Waals surface area (Å²) in [5.74, 6) is 0.342. The molecule has 0 aliphatic heterocycles. The number of phenolic OH excluding ortho intramolecular Hbond substituents is 1. The maximum absolute atomic E-state index is 9.69. The van der Waals surface area contributed by atoms with E-state index in [2.05, 4.69) is 10.3 Å². The quantitative estimate of drug-likeness (QED) is 0.892. The Morgan fingerprint density at radius 2 is 2.20 bits per heavy atom. The number of benzene rings is 1. The second-order valence-electron chi connectivity index (χ2n) is 3.30. The van der Waals surface area contributed by atoms with Crippen LogP contribution in [0.2, 0.25) is 0 Å². The molecule has 1 aromatic carbocycles. The van der Waals surface area contributed by atoms with E-state index >= 15 is 0 Å². The van der Waals surface area contributed by atoms with Crippen LogP contribution in [0, 0.1) is 41.3 Å². The van der Waals surface area contributed by atoms with Crippen LogP contribution in [-0.2, 0) is 6.42 Å². The van der Waals surface area contributed by atoms with E-state index in [0.29, 0.717) is 5.75 Å². The average molecular weight is 330 g/mol. The average Bonchev–Trinajstić information content (AvgIpc) is 2.59. The largest absolute Gasteiger partial charge is 0.665 e. The van der Waals surface area contributed by atoms with E-state index in [1.165, 1.54) is 0 Å². The minimum absolute atomic E-state index is 0. The predicted octanol–water partition coefficient (Wildman–Crippen LogP) is 2.42. The number of aromatic hydroxyl groups is 1. The Morgan fingerprint density at radius 1 is 1.40 bits per heavy atom. The molecule has 0 spiro atoms. The molecule has 77 valence electrons. The number of nitrogens with one attached hydrogen (secondary N) is 1. The molecule has 0 aliphatic carbocycles. The third-order valence-electron chi connectivity index (χ3n) is 2.37. The zero-order valence-electron chi connectivity index (χ0n) is 8.70. The smallest absolute Gasteiger partial charge is 0.125 e. The fourth-order valence-electron chi connectivity index (χ4n) is 1.66. The van der Waals surface area contributed by atoms with Gasteiger partial charge in [-0.05, 0) is 24.1 Å². The van der Waals surface area contributed by atoms with Gasteiger partial charge in [-0.25, -0.2) is 0 Å². The summed E-state index contributed by atoms with van der Waals surface area (Å²) in [6, 6.07) is 5.51. The number of H-pyrrole nitrogens is 1. The van der Waals surface area contributed by atoms with Crippen molar-refractivity contribution in [2.24, 2.45) is 0 Å². The molecule has 2 aromatic rings. The molecule has 2 rings (SSSR count). The second kappa shape index (κ2) is 5.83. The minimum atomic E-state index is 0. The van der Waals surface area contributed by atoms with Crippen LogP contribution in [0.1, 0.15) is 5.56 Å². The van der Waals surface area contributed by atoms with Crippen molar-refractivity contribution in [1.29, 1.82) is 0 Å². The molecule has 0 atom stereocenters. The molecule has 2 N–H and O–H groups in total. The summed E-state index contributed by atoms with van der Waals surface area (Å²) in [4.78, 5) is 3.14. The van der Waals surface area contributed by atoms with Crippen molar-refractivity contribution in [3.8, 4) is 5.75 Å². The summed E-state index contributed by atoms with van der Waals surface area (Å²) in [7, 11) is 1.80. The SMILES string of the molecule is C[N-]CCc1c[nH]c2cccc(O)c12.[Pr]. The van der Waals surface area contributed by atoms with Crippen LogP contribution in [0.3, 0.4) is 0 Å². The number of aromatic amines is 1. The van der Waals surface area contributed by atoms with Gasteiger partial charge in [0.1, 0.15) is 5.75 Å². The molecule has 0 fully saturated rings. The Bertz CT molecular complexity index is 439. The van der Waals surface area contributed by atoms with Crippen molar-refractivity contribution in [1.82, 2.24) is 4.98 Å². The summed E-state index contributed by atoms with van der Waals surface area (Å²) in [5, 5.41) is 14.7. The van der Waals surface area contributed by atoms with Crippen LogP contribution in [0.5, 0.6) is 5.75 Å². The zero-order chi connectivity index (χ0) is 9.97. The van der Waals surface area contributed by atoms with Crippen LogP contribution >= 0.6 is 0 Å². The van der Waals surface area contributed by atoms with Crippen LogP contribution in [0.25, 0.3) is 16.2 Å². The summed E-state index contributed by atoms with van der Waals surface area (Å²) < 4.78 is 0. The third kappa shape index (κ3) is 2.71. The molecule has 4 heteroatoms. The Morgan fingerprint density at radius 3 is 2.93 bits per heavy atom. The molecule has 1 radical (unpaired) electrons. The van der Waals surface area contributed by atoms with E-state index in [0.717, 1.165) is 29.4 Å². The number of likely N-dealkylation sites (N-methyl/N-ethyl adjacent to an activating group) is 1. The van der Waals surface area contributed by atoms with Gasteiger partial charge in [0.15, 0.2) is 0 Å². The van der Waals surface area contributed by atoms with Gasteiger partial charge in [-0.1, -0.05) is 6.07 Å². The number of fused-ring (bicyclic) bond motifs is 1. The van der Waals surface area contributed by atoms with Crippen molar-refractivity contribution in [2.45, 2.75) is 6.42 Å². The summed E-state index contributed by atoms with van der Waals surface area (Å²) in [6.07, 6.45) is 2.81. The molecule has 0 unspecified atom stereocenters. The summed E-state index contributed by atoms with van der Waals surface area (Å²) in [6.45, 7) is 0.793. The van der Waals surface area contributed by atoms with Crippen molar-refractivity contribution in [2.75, 3.05) is 13.6 Å². The maximum atomic E-state index is 9.69. The topological polar surface area (TPSA) is 50.1 Å². The van der Waals surface area contributed by atoms with E-state index in [9.17, 15) is 5.11 Å². The van der Waals surface area contributed by atoms with Crippen LogP contribution in [0.4, 0.5) is 0 Å².